The van der Waals surface area contributed by atoms with E-state index in [0.29, 0.717) is 11.3 Å². The summed E-state index contributed by atoms with van der Waals surface area (Å²) >= 11 is 0. The summed E-state index contributed by atoms with van der Waals surface area (Å²) < 4.78 is 4.84. The van der Waals surface area contributed by atoms with Crippen molar-refractivity contribution in [3.8, 4) is 0 Å². The quantitative estimate of drug-likeness (QED) is 0.483. The van der Waals surface area contributed by atoms with E-state index in [9.17, 15) is 19.7 Å². The van der Waals surface area contributed by atoms with Crippen LogP contribution in [0.5, 0.6) is 0 Å². The Kier molecular flexibility index (Phi) is 4.06. The van der Waals surface area contributed by atoms with Gasteiger partial charge in [0.25, 0.3) is 5.69 Å². The second kappa shape index (κ2) is 5.78. The minimum absolute atomic E-state index is 0.115. The first kappa shape index (κ1) is 14.8. The molecule has 0 bridgehead atoms. The molecule has 1 aromatic rings. The highest BCUT2D eigenvalue weighted by atomic mass is 16.6. The van der Waals surface area contributed by atoms with Gasteiger partial charge in [0.05, 0.1) is 18.0 Å². The van der Waals surface area contributed by atoms with E-state index in [1.807, 2.05) is 0 Å². The van der Waals surface area contributed by atoms with Gasteiger partial charge in [0, 0.05) is 11.8 Å². The maximum Gasteiger partial charge on any atom is 0.328 e. The maximum absolute atomic E-state index is 11.6. The molecular formula is C13H15N3O5. The molecular weight excluding hydrogens is 278 g/mol. The van der Waals surface area contributed by atoms with Crippen molar-refractivity contribution in [3.05, 3.63) is 27.8 Å². The van der Waals surface area contributed by atoms with E-state index in [0.717, 1.165) is 0 Å². The van der Waals surface area contributed by atoms with Crippen LogP contribution in [0.4, 0.5) is 17.1 Å². The molecule has 0 saturated carbocycles. The molecule has 0 radical (unpaired) electrons. The van der Waals surface area contributed by atoms with Crippen molar-refractivity contribution in [3.63, 3.8) is 0 Å². The van der Waals surface area contributed by atoms with Crippen LogP contribution in [0.3, 0.4) is 0 Å². The van der Waals surface area contributed by atoms with Crippen LogP contribution in [0.15, 0.2) is 12.1 Å². The van der Waals surface area contributed by atoms with Gasteiger partial charge in [-0.2, -0.15) is 0 Å². The lowest BCUT2D eigenvalue weighted by Gasteiger charge is -2.14. The van der Waals surface area contributed by atoms with Crippen molar-refractivity contribution >= 4 is 28.9 Å². The zero-order valence-corrected chi connectivity index (χ0v) is 11.6. The molecule has 0 aromatic heterocycles. The maximum atomic E-state index is 11.6. The molecule has 2 rings (SSSR count). The summed E-state index contributed by atoms with van der Waals surface area (Å²) in [5, 5.41) is 16.5. The molecule has 21 heavy (non-hydrogen) atoms. The van der Waals surface area contributed by atoms with E-state index < -0.39 is 16.9 Å². The molecule has 112 valence electrons. The Morgan fingerprint density at radius 2 is 2.29 bits per heavy atom. The highest BCUT2D eigenvalue weighted by Gasteiger charge is 2.26. The number of ether oxygens (including phenoxy) is 1. The minimum Gasteiger partial charge on any atom is -0.464 e. The second-order valence-electron chi connectivity index (χ2n) is 4.63. The van der Waals surface area contributed by atoms with Crippen molar-refractivity contribution in [2.45, 2.75) is 26.3 Å². The zero-order chi connectivity index (χ0) is 15.6. The Bertz CT molecular complexity index is 614. The van der Waals surface area contributed by atoms with Crippen LogP contribution < -0.4 is 10.6 Å². The Labute approximate surface area is 120 Å². The van der Waals surface area contributed by atoms with Crippen molar-refractivity contribution < 1.29 is 19.2 Å². The fourth-order valence-electron chi connectivity index (χ4n) is 2.09. The van der Waals surface area contributed by atoms with Gasteiger partial charge in [-0.05, 0) is 25.5 Å². The number of nitro groups is 1. The van der Waals surface area contributed by atoms with Gasteiger partial charge in [-0.25, -0.2) is 4.79 Å². The van der Waals surface area contributed by atoms with E-state index in [4.69, 9.17) is 4.74 Å². The third-order valence-corrected chi connectivity index (χ3v) is 3.06. The summed E-state index contributed by atoms with van der Waals surface area (Å²) in [6.07, 6.45) is 0.115. The molecule has 1 unspecified atom stereocenters. The Balaban J connectivity index is 2.30. The predicted molar refractivity (Wildman–Crippen MR) is 75.1 cm³/mol. The molecule has 0 saturated heterocycles. The minimum atomic E-state index is -0.737. The van der Waals surface area contributed by atoms with Gasteiger partial charge in [0.2, 0.25) is 5.91 Å². The number of carbonyl (C=O) groups is 2. The number of amides is 1. The molecule has 0 aliphatic carbocycles. The fourth-order valence-corrected chi connectivity index (χ4v) is 2.09. The van der Waals surface area contributed by atoms with E-state index in [2.05, 4.69) is 10.6 Å². The molecule has 1 heterocycles. The Morgan fingerprint density at radius 3 is 2.90 bits per heavy atom. The van der Waals surface area contributed by atoms with E-state index in [1.165, 1.54) is 12.1 Å². The normalized spacial score (nSPS) is 14.1. The van der Waals surface area contributed by atoms with Gasteiger partial charge < -0.3 is 15.4 Å². The number of hydrogen-bond donors (Lipinski definition) is 2. The predicted octanol–water partition coefficient (Wildman–Crippen LogP) is 1.45. The van der Waals surface area contributed by atoms with Crippen LogP contribution >= 0.6 is 0 Å². The third kappa shape index (κ3) is 3.10. The molecule has 2 N–H and O–H groups in total. The van der Waals surface area contributed by atoms with Crippen molar-refractivity contribution in [1.29, 1.82) is 0 Å². The first-order valence-electron chi connectivity index (χ1n) is 6.46. The van der Waals surface area contributed by atoms with Crippen LogP contribution in [0.1, 0.15) is 19.4 Å². The number of nitrogens with one attached hydrogen (secondary N) is 2. The number of carbonyl (C=O) groups excluding carboxylic acids is 2. The molecule has 8 nitrogen and oxygen atoms in total. The highest BCUT2D eigenvalue weighted by Crippen LogP contribution is 2.34. The molecule has 1 amide bonds. The third-order valence-electron chi connectivity index (χ3n) is 3.06. The molecule has 1 aliphatic rings. The monoisotopic (exact) mass is 293 g/mol. The smallest absolute Gasteiger partial charge is 0.328 e. The molecule has 1 aromatic carbocycles. The average Bonchev–Trinajstić information content (AvgIpc) is 2.76. The van der Waals surface area contributed by atoms with Gasteiger partial charge >= 0.3 is 5.97 Å². The van der Waals surface area contributed by atoms with E-state index >= 15 is 0 Å². The Hall–Kier alpha value is -2.64. The summed E-state index contributed by atoms with van der Waals surface area (Å²) in [6, 6.07) is 2.07. The molecule has 8 heteroatoms. The van der Waals surface area contributed by atoms with Gasteiger partial charge in [-0.15, -0.1) is 0 Å². The van der Waals surface area contributed by atoms with Gasteiger partial charge in [-0.3, -0.25) is 14.9 Å². The number of benzene rings is 1. The number of rotatable bonds is 5. The summed E-state index contributed by atoms with van der Waals surface area (Å²) in [4.78, 5) is 33.5. The first-order valence-corrected chi connectivity index (χ1v) is 6.46. The number of fused-ring (bicyclic) bond motifs is 1. The topological polar surface area (TPSA) is 111 Å². The first-order chi connectivity index (χ1) is 9.92. The van der Waals surface area contributed by atoms with Gasteiger partial charge in [0.15, 0.2) is 0 Å². The highest BCUT2D eigenvalue weighted by molar-refractivity contribution is 6.00. The summed E-state index contributed by atoms with van der Waals surface area (Å²) in [7, 11) is 0. The molecule has 0 fully saturated rings. The van der Waals surface area contributed by atoms with Crippen molar-refractivity contribution in [1.82, 2.24) is 0 Å². The molecule has 0 spiro atoms. The number of nitrogens with zero attached hydrogens (tertiary/aromatic N) is 1. The number of anilines is 2. The Morgan fingerprint density at radius 1 is 1.57 bits per heavy atom. The lowest BCUT2D eigenvalue weighted by molar-refractivity contribution is -0.384. The van der Waals surface area contributed by atoms with Crippen LogP contribution in [-0.4, -0.2) is 29.4 Å². The van der Waals surface area contributed by atoms with E-state index in [-0.39, 0.29) is 30.3 Å². The van der Waals surface area contributed by atoms with Crippen LogP contribution in [0.2, 0.25) is 0 Å². The standard InChI is InChI=1S/C13H15N3O5/c1-3-21-13(18)7(2)14-10-6-9-8(5-12(17)15-9)4-11(10)16(19)20/h4,6-7,14H,3,5H2,1-2H3,(H,15,17). The fraction of sp³-hybridized carbons (Fsp3) is 0.385. The van der Waals surface area contributed by atoms with Crippen LogP contribution in [-0.2, 0) is 20.7 Å². The average molecular weight is 293 g/mol. The van der Waals surface area contributed by atoms with Crippen molar-refractivity contribution in [2.75, 3.05) is 17.2 Å². The summed E-state index contributed by atoms with van der Waals surface area (Å²) in [5.41, 5.74) is 1.08. The van der Waals surface area contributed by atoms with Gasteiger partial charge in [0.1, 0.15) is 11.7 Å². The lowest BCUT2D eigenvalue weighted by atomic mass is 10.1. The number of hydrogen-bond acceptors (Lipinski definition) is 6. The van der Waals surface area contributed by atoms with Crippen molar-refractivity contribution in [2.24, 2.45) is 0 Å². The van der Waals surface area contributed by atoms with Crippen LogP contribution in [0.25, 0.3) is 0 Å². The number of nitro benzene ring substituents is 1. The second-order valence-corrected chi connectivity index (χ2v) is 4.63. The largest absolute Gasteiger partial charge is 0.464 e. The summed E-state index contributed by atoms with van der Waals surface area (Å²) in [6.45, 7) is 3.46. The SMILES string of the molecule is CCOC(=O)C(C)Nc1cc2c(cc1[N+](=O)[O-])CC(=O)N2. The molecule has 1 aliphatic heterocycles. The lowest BCUT2D eigenvalue weighted by Crippen LogP contribution is -2.28. The van der Waals surface area contributed by atoms with E-state index in [1.54, 1.807) is 13.8 Å². The zero-order valence-electron chi connectivity index (χ0n) is 11.6. The van der Waals surface area contributed by atoms with Crippen LogP contribution in [0, 0.1) is 10.1 Å². The molecule has 1 atom stereocenters. The summed E-state index contributed by atoms with van der Waals surface area (Å²) in [5.74, 6) is -0.716. The van der Waals surface area contributed by atoms with Gasteiger partial charge in [-0.1, -0.05) is 0 Å². The number of esters is 1.